The van der Waals surface area contributed by atoms with E-state index in [2.05, 4.69) is 4.99 Å². The SMILES string of the molecule is COc1cc(OC)c(OC)cc1/C=C1\N=C(CCc2ccccc2)OC1=O. The van der Waals surface area contributed by atoms with E-state index in [1.807, 2.05) is 30.3 Å². The molecule has 0 amide bonds. The number of carbonyl (C=O) groups is 1. The predicted molar refractivity (Wildman–Crippen MR) is 102 cm³/mol. The van der Waals surface area contributed by atoms with Crippen LogP contribution in [0.1, 0.15) is 17.5 Å². The number of hydrogen-bond acceptors (Lipinski definition) is 6. The van der Waals surface area contributed by atoms with Gasteiger partial charge in [-0.1, -0.05) is 30.3 Å². The van der Waals surface area contributed by atoms with Gasteiger partial charge in [0.1, 0.15) is 5.75 Å². The summed E-state index contributed by atoms with van der Waals surface area (Å²) in [5, 5.41) is 0. The van der Waals surface area contributed by atoms with Crippen LogP contribution < -0.4 is 14.2 Å². The number of methoxy groups -OCH3 is 3. The molecule has 3 rings (SSSR count). The van der Waals surface area contributed by atoms with E-state index < -0.39 is 5.97 Å². The number of benzene rings is 2. The van der Waals surface area contributed by atoms with Gasteiger partial charge in [-0.3, -0.25) is 0 Å². The fourth-order valence-electron chi connectivity index (χ4n) is 2.77. The van der Waals surface area contributed by atoms with Crippen LogP contribution in [0.4, 0.5) is 0 Å². The first-order valence-corrected chi connectivity index (χ1v) is 8.50. The van der Waals surface area contributed by atoms with Crippen molar-refractivity contribution in [2.75, 3.05) is 21.3 Å². The van der Waals surface area contributed by atoms with Gasteiger partial charge >= 0.3 is 5.97 Å². The largest absolute Gasteiger partial charge is 0.496 e. The van der Waals surface area contributed by atoms with Crippen molar-refractivity contribution >= 4 is 17.9 Å². The van der Waals surface area contributed by atoms with Crippen LogP contribution in [0.2, 0.25) is 0 Å². The normalized spacial score (nSPS) is 14.7. The van der Waals surface area contributed by atoms with E-state index in [-0.39, 0.29) is 5.70 Å². The molecule has 2 aromatic carbocycles. The Morgan fingerprint density at radius 1 is 0.926 bits per heavy atom. The summed E-state index contributed by atoms with van der Waals surface area (Å²) in [6.07, 6.45) is 2.93. The Labute approximate surface area is 158 Å². The lowest BCUT2D eigenvalue weighted by Crippen LogP contribution is -2.05. The minimum atomic E-state index is -0.477. The molecule has 27 heavy (non-hydrogen) atoms. The molecule has 0 N–H and O–H groups in total. The lowest BCUT2D eigenvalue weighted by molar-refractivity contribution is -0.130. The van der Waals surface area contributed by atoms with Gasteiger partial charge in [-0.15, -0.1) is 0 Å². The fourth-order valence-corrected chi connectivity index (χ4v) is 2.77. The van der Waals surface area contributed by atoms with Crippen LogP contribution in [0.25, 0.3) is 6.08 Å². The van der Waals surface area contributed by atoms with Crippen LogP contribution in [-0.4, -0.2) is 33.2 Å². The second-order valence-corrected chi connectivity index (χ2v) is 5.86. The zero-order chi connectivity index (χ0) is 19.2. The van der Waals surface area contributed by atoms with Crippen LogP contribution in [-0.2, 0) is 16.0 Å². The highest BCUT2D eigenvalue weighted by Gasteiger charge is 2.23. The number of aliphatic imine (C=N–C) groups is 1. The summed E-state index contributed by atoms with van der Waals surface area (Å²) < 4.78 is 21.3. The predicted octanol–water partition coefficient (Wildman–Crippen LogP) is 3.64. The highest BCUT2D eigenvalue weighted by Crippen LogP contribution is 2.36. The van der Waals surface area contributed by atoms with Crippen molar-refractivity contribution in [1.29, 1.82) is 0 Å². The molecule has 6 heteroatoms. The second-order valence-electron chi connectivity index (χ2n) is 5.86. The van der Waals surface area contributed by atoms with Gasteiger partial charge in [0, 0.05) is 18.1 Å². The summed E-state index contributed by atoms with van der Waals surface area (Å²) >= 11 is 0. The lowest BCUT2D eigenvalue weighted by atomic mass is 10.1. The maximum absolute atomic E-state index is 12.2. The molecule has 1 heterocycles. The summed E-state index contributed by atoms with van der Waals surface area (Å²) in [6, 6.07) is 13.4. The van der Waals surface area contributed by atoms with Crippen LogP contribution >= 0.6 is 0 Å². The van der Waals surface area contributed by atoms with Crippen molar-refractivity contribution in [3.8, 4) is 17.2 Å². The first-order valence-electron chi connectivity index (χ1n) is 8.50. The summed E-state index contributed by atoms with van der Waals surface area (Å²) in [5.74, 6) is 1.55. The first kappa shape index (κ1) is 18.5. The topological polar surface area (TPSA) is 66.3 Å². The maximum atomic E-state index is 12.2. The Hall–Kier alpha value is -3.28. The minimum absolute atomic E-state index is 0.226. The van der Waals surface area contributed by atoms with Crippen molar-refractivity contribution in [1.82, 2.24) is 0 Å². The first-order chi connectivity index (χ1) is 13.1. The van der Waals surface area contributed by atoms with Gasteiger partial charge in [-0.25, -0.2) is 9.79 Å². The average molecular weight is 367 g/mol. The standard InChI is InChI=1S/C21H21NO5/c1-24-17-13-19(26-3)18(25-2)12-15(17)11-16-21(23)27-20(22-16)10-9-14-7-5-4-6-8-14/h4-8,11-13H,9-10H2,1-3H3/b16-11-. The Morgan fingerprint density at radius 2 is 1.59 bits per heavy atom. The minimum Gasteiger partial charge on any atom is -0.496 e. The van der Waals surface area contributed by atoms with E-state index in [9.17, 15) is 4.79 Å². The summed E-state index contributed by atoms with van der Waals surface area (Å²) in [4.78, 5) is 16.5. The summed E-state index contributed by atoms with van der Waals surface area (Å²) in [6.45, 7) is 0. The van der Waals surface area contributed by atoms with Gasteiger partial charge in [0.25, 0.3) is 0 Å². The van der Waals surface area contributed by atoms with Crippen LogP contribution in [0.5, 0.6) is 17.2 Å². The Balaban J connectivity index is 1.83. The highest BCUT2D eigenvalue weighted by atomic mass is 16.6. The van der Waals surface area contributed by atoms with E-state index in [1.165, 1.54) is 0 Å². The van der Waals surface area contributed by atoms with Crippen LogP contribution in [0.3, 0.4) is 0 Å². The van der Waals surface area contributed by atoms with Crippen molar-refractivity contribution in [2.45, 2.75) is 12.8 Å². The van der Waals surface area contributed by atoms with Crippen molar-refractivity contribution in [3.63, 3.8) is 0 Å². The van der Waals surface area contributed by atoms with E-state index in [0.29, 0.717) is 35.1 Å². The molecular formula is C21H21NO5. The zero-order valence-corrected chi connectivity index (χ0v) is 15.5. The van der Waals surface area contributed by atoms with E-state index in [0.717, 1.165) is 12.0 Å². The molecule has 0 bridgehead atoms. The maximum Gasteiger partial charge on any atom is 0.363 e. The van der Waals surface area contributed by atoms with Gasteiger partial charge in [0.2, 0.25) is 0 Å². The molecule has 6 nitrogen and oxygen atoms in total. The zero-order valence-electron chi connectivity index (χ0n) is 15.5. The number of hydrogen-bond donors (Lipinski definition) is 0. The lowest BCUT2D eigenvalue weighted by Gasteiger charge is -2.12. The molecular weight excluding hydrogens is 346 g/mol. The van der Waals surface area contributed by atoms with Gasteiger partial charge < -0.3 is 18.9 Å². The van der Waals surface area contributed by atoms with Crippen molar-refractivity contribution < 1.29 is 23.7 Å². The van der Waals surface area contributed by atoms with Crippen molar-refractivity contribution in [3.05, 3.63) is 59.3 Å². The Morgan fingerprint density at radius 3 is 2.26 bits per heavy atom. The number of rotatable bonds is 7. The number of carbonyl (C=O) groups excluding carboxylic acids is 1. The molecule has 140 valence electrons. The number of nitrogens with zero attached hydrogens (tertiary/aromatic N) is 1. The van der Waals surface area contributed by atoms with Gasteiger partial charge in [0.15, 0.2) is 23.1 Å². The van der Waals surface area contributed by atoms with Gasteiger partial charge in [-0.2, -0.15) is 0 Å². The van der Waals surface area contributed by atoms with Crippen LogP contribution in [0.15, 0.2) is 53.2 Å². The number of cyclic esters (lactones) is 1. The van der Waals surface area contributed by atoms with Gasteiger partial charge in [0.05, 0.1) is 21.3 Å². The number of ether oxygens (including phenoxy) is 4. The Kier molecular flexibility index (Phi) is 5.76. The smallest absolute Gasteiger partial charge is 0.363 e. The van der Waals surface area contributed by atoms with Gasteiger partial charge in [-0.05, 0) is 24.1 Å². The van der Waals surface area contributed by atoms with E-state index >= 15 is 0 Å². The average Bonchev–Trinajstić information content (AvgIpc) is 3.06. The van der Waals surface area contributed by atoms with Crippen molar-refractivity contribution in [2.24, 2.45) is 4.99 Å². The van der Waals surface area contributed by atoms with E-state index in [1.54, 1.807) is 39.5 Å². The second kappa shape index (κ2) is 8.40. The molecule has 0 radical (unpaired) electrons. The molecule has 1 aliphatic rings. The summed E-state index contributed by atoms with van der Waals surface area (Å²) in [7, 11) is 4.64. The molecule has 1 aliphatic heterocycles. The molecule has 0 aliphatic carbocycles. The monoisotopic (exact) mass is 367 g/mol. The highest BCUT2D eigenvalue weighted by molar-refractivity contribution is 6.07. The molecule has 0 aromatic heterocycles. The van der Waals surface area contributed by atoms with Crippen LogP contribution in [0, 0.1) is 0 Å². The molecule has 0 atom stereocenters. The molecule has 0 saturated heterocycles. The molecule has 2 aromatic rings. The molecule has 0 unspecified atom stereocenters. The quantitative estimate of drug-likeness (QED) is 0.552. The van der Waals surface area contributed by atoms with E-state index in [4.69, 9.17) is 18.9 Å². The third kappa shape index (κ3) is 4.28. The molecule has 0 fully saturated rings. The number of esters is 1. The third-order valence-electron chi connectivity index (χ3n) is 4.16. The summed E-state index contributed by atoms with van der Waals surface area (Å²) in [5.41, 5.74) is 2.04. The fraction of sp³-hybridized carbons (Fsp3) is 0.238. The number of aryl methyl sites for hydroxylation is 1. The Bertz CT molecular complexity index is 887. The molecule has 0 saturated carbocycles. The third-order valence-corrected chi connectivity index (χ3v) is 4.16. The molecule has 0 spiro atoms.